The molecule has 0 saturated carbocycles. The van der Waals surface area contributed by atoms with E-state index in [1.165, 1.54) is 7.11 Å². The highest BCUT2D eigenvalue weighted by atomic mass is 16.5. The summed E-state index contributed by atoms with van der Waals surface area (Å²) in [5.41, 5.74) is 1.89. The van der Waals surface area contributed by atoms with Crippen molar-refractivity contribution in [1.82, 2.24) is 0 Å². The molecule has 1 rings (SSSR count). The minimum absolute atomic E-state index is 0.268. The predicted octanol–water partition coefficient (Wildman–Crippen LogP) is 1.41. The lowest BCUT2D eigenvalue weighted by molar-refractivity contribution is -0.150. The Kier molecular flexibility index (Phi) is 4.06. The smallest absolute Gasteiger partial charge is 0.335 e. The number of rotatable bonds is 4. The number of esters is 1. The van der Waals surface area contributed by atoms with Crippen molar-refractivity contribution in [2.75, 3.05) is 7.11 Å². The third-order valence-electron chi connectivity index (χ3n) is 2.12. The minimum atomic E-state index is -1.09. The van der Waals surface area contributed by atoms with Gasteiger partial charge in [-0.1, -0.05) is 36.9 Å². The quantitative estimate of drug-likeness (QED) is 0.757. The molecule has 0 bridgehead atoms. The molecule has 1 N–H and O–H groups in total. The highest BCUT2D eigenvalue weighted by Gasteiger charge is 2.15. The van der Waals surface area contributed by atoms with E-state index in [0.29, 0.717) is 0 Å². The van der Waals surface area contributed by atoms with Gasteiger partial charge in [-0.2, -0.15) is 0 Å². The highest BCUT2D eigenvalue weighted by molar-refractivity contribution is 5.74. The first-order chi connectivity index (χ1) is 7.17. The summed E-state index contributed by atoms with van der Waals surface area (Å²) < 4.78 is 4.42. The summed E-state index contributed by atoms with van der Waals surface area (Å²) in [6.45, 7) is 3.64. The monoisotopic (exact) mass is 206 g/mol. The van der Waals surface area contributed by atoms with Crippen LogP contribution in [0.2, 0.25) is 0 Å². The highest BCUT2D eigenvalue weighted by Crippen LogP contribution is 2.08. The van der Waals surface area contributed by atoms with Gasteiger partial charge in [0.1, 0.15) is 0 Å². The molecule has 0 aliphatic heterocycles. The van der Waals surface area contributed by atoms with Gasteiger partial charge >= 0.3 is 5.97 Å². The molecule has 0 heterocycles. The first-order valence-corrected chi connectivity index (χ1v) is 4.64. The molecular weight excluding hydrogens is 192 g/mol. The maximum Gasteiger partial charge on any atom is 0.335 e. The van der Waals surface area contributed by atoms with Gasteiger partial charge in [-0.15, -0.1) is 0 Å². The maximum atomic E-state index is 11.0. The Hall–Kier alpha value is -1.61. The van der Waals surface area contributed by atoms with Crippen LogP contribution in [0, 0.1) is 0 Å². The molecule has 1 atom stereocenters. The third-order valence-corrected chi connectivity index (χ3v) is 2.12. The summed E-state index contributed by atoms with van der Waals surface area (Å²) >= 11 is 0. The van der Waals surface area contributed by atoms with E-state index >= 15 is 0 Å². The van der Waals surface area contributed by atoms with Crippen molar-refractivity contribution in [2.24, 2.45) is 0 Å². The van der Waals surface area contributed by atoms with Gasteiger partial charge in [-0.25, -0.2) is 4.79 Å². The Morgan fingerprint density at radius 1 is 1.53 bits per heavy atom. The molecule has 1 unspecified atom stereocenters. The first kappa shape index (κ1) is 11.5. The fourth-order valence-electron chi connectivity index (χ4n) is 1.23. The molecule has 0 spiro atoms. The van der Waals surface area contributed by atoms with Crippen molar-refractivity contribution in [3.8, 4) is 0 Å². The molecular formula is C12H14O3. The molecule has 0 amide bonds. The summed E-state index contributed by atoms with van der Waals surface area (Å²) in [5, 5.41) is 9.40. The van der Waals surface area contributed by atoms with Gasteiger partial charge in [0.15, 0.2) is 6.10 Å². The number of hydrogen-bond acceptors (Lipinski definition) is 3. The van der Waals surface area contributed by atoms with Crippen LogP contribution < -0.4 is 0 Å². The summed E-state index contributed by atoms with van der Waals surface area (Å²) in [7, 11) is 1.26. The van der Waals surface area contributed by atoms with E-state index in [4.69, 9.17) is 0 Å². The Labute approximate surface area is 89.0 Å². The Balaban J connectivity index is 2.64. The summed E-state index contributed by atoms with van der Waals surface area (Å²) in [5.74, 6) is -0.609. The van der Waals surface area contributed by atoms with Crippen LogP contribution in [0.1, 0.15) is 11.1 Å². The number of aliphatic hydroxyl groups excluding tert-OH is 1. The van der Waals surface area contributed by atoms with Crippen LogP contribution in [0.4, 0.5) is 0 Å². The molecule has 1 aromatic rings. The largest absolute Gasteiger partial charge is 0.467 e. The van der Waals surface area contributed by atoms with Crippen LogP contribution in [0.15, 0.2) is 30.8 Å². The van der Waals surface area contributed by atoms with E-state index < -0.39 is 12.1 Å². The molecule has 3 nitrogen and oxygen atoms in total. The van der Waals surface area contributed by atoms with Crippen molar-refractivity contribution in [1.29, 1.82) is 0 Å². The Bertz CT molecular complexity index is 340. The molecule has 0 aromatic heterocycles. The fraction of sp³-hybridized carbons (Fsp3) is 0.250. The zero-order valence-corrected chi connectivity index (χ0v) is 8.64. The zero-order chi connectivity index (χ0) is 11.3. The van der Waals surface area contributed by atoms with Crippen molar-refractivity contribution in [3.05, 3.63) is 42.0 Å². The number of methoxy groups -OCH3 is 1. The molecule has 0 aliphatic carbocycles. The number of aliphatic hydroxyl groups is 1. The first-order valence-electron chi connectivity index (χ1n) is 4.64. The maximum absolute atomic E-state index is 11.0. The van der Waals surface area contributed by atoms with Gasteiger partial charge in [0.25, 0.3) is 0 Å². The van der Waals surface area contributed by atoms with Crippen LogP contribution >= 0.6 is 0 Å². The zero-order valence-electron chi connectivity index (χ0n) is 8.64. The predicted molar refractivity (Wildman–Crippen MR) is 58.3 cm³/mol. The molecule has 0 aliphatic rings. The summed E-state index contributed by atoms with van der Waals surface area (Å²) in [6, 6.07) is 7.46. The van der Waals surface area contributed by atoms with Crippen LogP contribution in [-0.2, 0) is 16.0 Å². The van der Waals surface area contributed by atoms with Crippen LogP contribution in [0.3, 0.4) is 0 Å². The van der Waals surface area contributed by atoms with Gasteiger partial charge in [-0.3, -0.25) is 0 Å². The van der Waals surface area contributed by atoms with E-state index in [9.17, 15) is 9.90 Å². The average molecular weight is 206 g/mol. The second-order valence-electron chi connectivity index (χ2n) is 3.19. The minimum Gasteiger partial charge on any atom is -0.467 e. The van der Waals surface area contributed by atoms with E-state index in [-0.39, 0.29) is 6.42 Å². The molecule has 15 heavy (non-hydrogen) atoms. The number of hydrogen-bond donors (Lipinski definition) is 1. The lowest BCUT2D eigenvalue weighted by atomic mass is 10.1. The fourth-order valence-corrected chi connectivity index (χ4v) is 1.23. The van der Waals surface area contributed by atoms with E-state index in [1.807, 2.05) is 24.3 Å². The van der Waals surface area contributed by atoms with Crippen LogP contribution in [0.25, 0.3) is 6.08 Å². The van der Waals surface area contributed by atoms with Gasteiger partial charge in [0, 0.05) is 6.42 Å². The van der Waals surface area contributed by atoms with E-state index in [0.717, 1.165) is 11.1 Å². The Morgan fingerprint density at radius 2 is 2.13 bits per heavy atom. The second-order valence-corrected chi connectivity index (χ2v) is 3.19. The SMILES string of the molecule is C=Cc1ccc(CC(O)C(=O)OC)cc1. The summed E-state index contributed by atoms with van der Waals surface area (Å²) in [6.07, 6.45) is 0.912. The number of carbonyl (C=O) groups is 1. The van der Waals surface area contributed by atoms with Gasteiger partial charge < -0.3 is 9.84 Å². The lowest BCUT2D eigenvalue weighted by Crippen LogP contribution is -2.24. The van der Waals surface area contributed by atoms with Crippen molar-refractivity contribution in [2.45, 2.75) is 12.5 Å². The van der Waals surface area contributed by atoms with Gasteiger partial charge in [-0.05, 0) is 11.1 Å². The molecule has 0 radical (unpaired) electrons. The van der Waals surface area contributed by atoms with Crippen LogP contribution in [0.5, 0.6) is 0 Å². The molecule has 0 saturated heterocycles. The number of ether oxygens (including phenoxy) is 1. The second kappa shape index (κ2) is 5.32. The van der Waals surface area contributed by atoms with E-state index in [1.54, 1.807) is 6.08 Å². The number of carbonyl (C=O) groups excluding carboxylic acids is 1. The molecule has 80 valence electrons. The molecule has 0 fully saturated rings. The lowest BCUT2D eigenvalue weighted by Gasteiger charge is -2.08. The van der Waals surface area contributed by atoms with Crippen molar-refractivity contribution < 1.29 is 14.6 Å². The van der Waals surface area contributed by atoms with Crippen molar-refractivity contribution >= 4 is 12.0 Å². The molecule has 1 aromatic carbocycles. The summed E-state index contributed by atoms with van der Waals surface area (Å²) in [4.78, 5) is 11.0. The third kappa shape index (κ3) is 3.22. The van der Waals surface area contributed by atoms with Gasteiger partial charge in [0.05, 0.1) is 7.11 Å². The number of benzene rings is 1. The Morgan fingerprint density at radius 3 is 2.60 bits per heavy atom. The van der Waals surface area contributed by atoms with Gasteiger partial charge in [0.2, 0.25) is 0 Å². The topological polar surface area (TPSA) is 46.5 Å². The standard InChI is InChI=1S/C12H14O3/c1-3-9-4-6-10(7-5-9)8-11(13)12(14)15-2/h3-7,11,13H,1,8H2,2H3. The van der Waals surface area contributed by atoms with E-state index in [2.05, 4.69) is 11.3 Å². The normalized spacial score (nSPS) is 11.9. The molecule has 3 heteroatoms. The van der Waals surface area contributed by atoms with Crippen molar-refractivity contribution in [3.63, 3.8) is 0 Å². The van der Waals surface area contributed by atoms with Crippen LogP contribution in [-0.4, -0.2) is 24.3 Å². The average Bonchev–Trinajstić information content (AvgIpc) is 2.29.